The van der Waals surface area contributed by atoms with Gasteiger partial charge in [-0.3, -0.25) is 4.79 Å². The van der Waals surface area contributed by atoms with Crippen LogP contribution in [0.25, 0.3) is 22.3 Å². The molecule has 0 aromatic heterocycles. The molecule has 4 rings (SSSR count). The molecule has 1 amide bonds. The standard InChI is InChI=1S/C38H52N2O2/c1-9-26-23-31(27-13-15-28(16-14-27)36(39)41)30(10-2)34(35(26)42-22-12-11-21-40-25(3)4)29-17-18-32-33(24-29)38(7,8)20-19-37(32,5)6/h13-18,23-25,40H,9-12,19-22H2,1-8H3,(H2,39,41). The molecule has 3 aromatic carbocycles. The number of hydrogen-bond acceptors (Lipinski definition) is 3. The first-order valence-corrected chi connectivity index (χ1v) is 16.0. The first-order valence-electron chi connectivity index (χ1n) is 16.0. The van der Waals surface area contributed by atoms with Gasteiger partial charge in [0.1, 0.15) is 5.75 Å². The van der Waals surface area contributed by atoms with Crippen molar-refractivity contribution in [1.82, 2.24) is 5.32 Å². The lowest BCUT2D eigenvalue weighted by atomic mass is 9.63. The second-order valence-electron chi connectivity index (χ2n) is 13.6. The van der Waals surface area contributed by atoms with Crippen LogP contribution in [0.4, 0.5) is 0 Å². The van der Waals surface area contributed by atoms with Gasteiger partial charge in [-0.1, -0.05) is 85.7 Å². The molecule has 0 unspecified atom stereocenters. The Balaban J connectivity index is 1.88. The normalized spacial score (nSPS) is 15.5. The average molecular weight is 569 g/mol. The number of hydrogen-bond donors (Lipinski definition) is 2. The molecule has 0 fully saturated rings. The van der Waals surface area contributed by atoms with Crippen molar-refractivity contribution in [3.05, 3.63) is 76.3 Å². The van der Waals surface area contributed by atoms with Crippen LogP contribution in [0.1, 0.15) is 114 Å². The van der Waals surface area contributed by atoms with E-state index >= 15 is 0 Å². The number of unbranched alkanes of at least 4 members (excludes halogenated alkanes) is 1. The lowest BCUT2D eigenvalue weighted by Gasteiger charge is -2.42. The quantitative estimate of drug-likeness (QED) is 0.215. The van der Waals surface area contributed by atoms with Crippen LogP contribution in [0.5, 0.6) is 5.75 Å². The van der Waals surface area contributed by atoms with Crippen LogP contribution in [0.3, 0.4) is 0 Å². The summed E-state index contributed by atoms with van der Waals surface area (Å²) in [6.45, 7) is 20.1. The SMILES string of the molecule is CCc1cc(-c2ccc(C(N)=O)cc2)c(CC)c(-c2ccc3c(c2)C(C)(C)CCC3(C)C)c1OCCCCNC(C)C. The smallest absolute Gasteiger partial charge is 0.248 e. The maximum atomic E-state index is 11.8. The van der Waals surface area contributed by atoms with Gasteiger partial charge in [0.25, 0.3) is 0 Å². The predicted octanol–water partition coefficient (Wildman–Crippen LogP) is 8.75. The number of fused-ring (bicyclic) bond motifs is 1. The zero-order valence-corrected chi connectivity index (χ0v) is 27.2. The van der Waals surface area contributed by atoms with Gasteiger partial charge in [-0.05, 0) is 113 Å². The third kappa shape index (κ3) is 6.75. The van der Waals surface area contributed by atoms with E-state index in [4.69, 9.17) is 10.5 Å². The minimum atomic E-state index is -0.404. The van der Waals surface area contributed by atoms with Crippen LogP contribution in [0.2, 0.25) is 0 Å². The number of carbonyl (C=O) groups excluding carboxylic acids is 1. The van der Waals surface area contributed by atoms with E-state index in [1.54, 1.807) is 0 Å². The third-order valence-corrected chi connectivity index (χ3v) is 9.19. The first kappa shape index (κ1) is 31.8. The number of aryl methyl sites for hydroxylation is 1. The summed E-state index contributed by atoms with van der Waals surface area (Å²) in [5, 5.41) is 3.52. The molecule has 0 saturated heterocycles. The number of nitrogens with one attached hydrogen (secondary N) is 1. The fraction of sp³-hybridized carbons (Fsp3) is 0.500. The summed E-state index contributed by atoms with van der Waals surface area (Å²) in [6.07, 6.45) is 6.21. The Morgan fingerprint density at radius 3 is 2.12 bits per heavy atom. The van der Waals surface area contributed by atoms with Crippen molar-refractivity contribution >= 4 is 5.91 Å². The maximum absolute atomic E-state index is 11.8. The van der Waals surface area contributed by atoms with Crippen LogP contribution >= 0.6 is 0 Å². The van der Waals surface area contributed by atoms with Gasteiger partial charge in [0.05, 0.1) is 6.61 Å². The molecule has 0 heterocycles. The summed E-state index contributed by atoms with van der Waals surface area (Å²) in [5.74, 6) is 0.621. The molecule has 42 heavy (non-hydrogen) atoms. The third-order valence-electron chi connectivity index (χ3n) is 9.19. The summed E-state index contributed by atoms with van der Waals surface area (Å²) >= 11 is 0. The van der Waals surface area contributed by atoms with Crippen molar-refractivity contribution in [3.63, 3.8) is 0 Å². The number of ether oxygens (including phenoxy) is 1. The van der Waals surface area contributed by atoms with Crippen molar-refractivity contribution < 1.29 is 9.53 Å². The Morgan fingerprint density at radius 2 is 1.52 bits per heavy atom. The van der Waals surface area contributed by atoms with E-state index in [2.05, 4.69) is 85.0 Å². The molecular weight excluding hydrogens is 516 g/mol. The number of amides is 1. The Labute approximate surface area is 254 Å². The van der Waals surface area contributed by atoms with Gasteiger partial charge in [-0.2, -0.15) is 0 Å². The molecule has 0 radical (unpaired) electrons. The molecule has 4 heteroatoms. The van der Waals surface area contributed by atoms with Crippen molar-refractivity contribution in [3.8, 4) is 28.0 Å². The van der Waals surface area contributed by atoms with Gasteiger partial charge in [-0.25, -0.2) is 0 Å². The zero-order valence-electron chi connectivity index (χ0n) is 27.2. The molecular formula is C38H52N2O2. The Morgan fingerprint density at radius 1 is 0.881 bits per heavy atom. The van der Waals surface area contributed by atoms with Crippen LogP contribution < -0.4 is 15.8 Å². The van der Waals surface area contributed by atoms with Crippen molar-refractivity contribution in [1.29, 1.82) is 0 Å². The largest absolute Gasteiger partial charge is 0.493 e. The summed E-state index contributed by atoms with van der Waals surface area (Å²) in [7, 11) is 0. The predicted molar refractivity (Wildman–Crippen MR) is 178 cm³/mol. The number of nitrogens with two attached hydrogens (primary N) is 1. The van der Waals surface area contributed by atoms with Crippen LogP contribution in [-0.4, -0.2) is 25.1 Å². The van der Waals surface area contributed by atoms with Crippen molar-refractivity contribution in [2.24, 2.45) is 5.73 Å². The van der Waals surface area contributed by atoms with E-state index in [0.29, 0.717) is 18.2 Å². The molecule has 4 nitrogen and oxygen atoms in total. The van der Waals surface area contributed by atoms with E-state index in [1.807, 2.05) is 24.3 Å². The highest BCUT2D eigenvalue weighted by atomic mass is 16.5. The molecule has 0 bridgehead atoms. The minimum Gasteiger partial charge on any atom is -0.493 e. The molecule has 226 valence electrons. The van der Waals surface area contributed by atoms with Gasteiger partial charge in [0, 0.05) is 17.2 Å². The van der Waals surface area contributed by atoms with E-state index in [0.717, 1.165) is 43.5 Å². The molecule has 3 N–H and O–H groups in total. The van der Waals surface area contributed by atoms with Crippen LogP contribution in [-0.2, 0) is 23.7 Å². The fourth-order valence-corrected chi connectivity index (χ4v) is 6.47. The molecule has 0 saturated carbocycles. The molecule has 3 aromatic rings. The summed E-state index contributed by atoms with van der Waals surface area (Å²) in [5.41, 5.74) is 16.5. The van der Waals surface area contributed by atoms with Crippen molar-refractivity contribution in [2.45, 2.75) is 111 Å². The summed E-state index contributed by atoms with van der Waals surface area (Å²) in [4.78, 5) is 11.8. The van der Waals surface area contributed by atoms with Gasteiger partial charge < -0.3 is 15.8 Å². The number of primary amides is 1. The highest BCUT2D eigenvalue weighted by Gasteiger charge is 2.37. The van der Waals surface area contributed by atoms with Gasteiger partial charge in [-0.15, -0.1) is 0 Å². The average Bonchev–Trinajstić information content (AvgIpc) is 2.96. The molecule has 0 spiro atoms. The zero-order chi connectivity index (χ0) is 30.7. The summed E-state index contributed by atoms with van der Waals surface area (Å²) < 4.78 is 6.75. The van der Waals surface area contributed by atoms with Gasteiger partial charge in [0.15, 0.2) is 0 Å². The lowest BCUT2D eigenvalue weighted by molar-refractivity contribution is 0.100. The van der Waals surface area contributed by atoms with Crippen LogP contribution in [0.15, 0.2) is 48.5 Å². The number of carbonyl (C=O) groups is 1. The van der Waals surface area contributed by atoms with E-state index in [9.17, 15) is 4.79 Å². The number of benzene rings is 3. The van der Waals surface area contributed by atoms with Gasteiger partial charge >= 0.3 is 0 Å². The van der Waals surface area contributed by atoms with Crippen molar-refractivity contribution in [2.75, 3.05) is 13.2 Å². The molecule has 1 aliphatic rings. The minimum absolute atomic E-state index is 0.119. The second kappa shape index (κ2) is 13.0. The summed E-state index contributed by atoms with van der Waals surface area (Å²) in [6, 6.07) is 17.7. The van der Waals surface area contributed by atoms with E-state index in [-0.39, 0.29) is 10.8 Å². The lowest BCUT2D eigenvalue weighted by Crippen LogP contribution is -2.33. The highest BCUT2D eigenvalue weighted by Crippen LogP contribution is 2.49. The maximum Gasteiger partial charge on any atom is 0.248 e. The Bertz CT molecular complexity index is 1400. The van der Waals surface area contributed by atoms with E-state index in [1.165, 1.54) is 51.8 Å². The number of rotatable bonds is 12. The molecule has 0 atom stereocenters. The monoisotopic (exact) mass is 568 g/mol. The molecule has 1 aliphatic carbocycles. The van der Waals surface area contributed by atoms with Crippen LogP contribution in [0, 0.1) is 0 Å². The Hall–Kier alpha value is -3.11. The second-order valence-corrected chi connectivity index (χ2v) is 13.6. The topological polar surface area (TPSA) is 64.4 Å². The van der Waals surface area contributed by atoms with Gasteiger partial charge in [0.2, 0.25) is 5.91 Å². The fourth-order valence-electron chi connectivity index (χ4n) is 6.47. The Kier molecular flexibility index (Phi) is 9.88. The first-order chi connectivity index (χ1) is 19.9. The highest BCUT2D eigenvalue weighted by molar-refractivity contribution is 5.93. The molecule has 0 aliphatic heterocycles. The van der Waals surface area contributed by atoms with E-state index < -0.39 is 5.91 Å².